The molecular weight excluding hydrogens is 492 g/mol. The van der Waals surface area contributed by atoms with Crippen LogP contribution in [-0.2, 0) is 30.5 Å². The molecule has 0 aromatic heterocycles. The quantitative estimate of drug-likeness (QED) is 0.134. The largest absolute Gasteiger partial charge is 0.461 e. The van der Waals surface area contributed by atoms with E-state index >= 15 is 0 Å². The standard InChI is InChI=1S/C29H48N2O5.ClH/c1-2-3-4-5-6-7-8-9-10-11-12-16-21-26(28(31)33)36-29(34)25(30)20-17-22-27(32)35-23-24-18-14-13-15-19-24;/h13-15,18-19,25-26H,2-12,16-17,20-23,30H2,1H3,(H2,31,33);1H/t25-,26?;/m1./s1. The van der Waals surface area contributed by atoms with Crippen molar-refractivity contribution in [1.82, 2.24) is 0 Å². The smallest absolute Gasteiger partial charge is 0.323 e. The highest BCUT2D eigenvalue weighted by Crippen LogP contribution is 2.14. The van der Waals surface area contributed by atoms with Crippen LogP contribution in [-0.4, -0.2) is 30.0 Å². The molecule has 4 N–H and O–H groups in total. The van der Waals surface area contributed by atoms with E-state index in [1.807, 2.05) is 30.3 Å². The molecule has 0 aliphatic rings. The molecule has 8 heteroatoms. The number of hydrogen-bond donors (Lipinski definition) is 2. The summed E-state index contributed by atoms with van der Waals surface area (Å²) in [6.07, 6.45) is 14.9. The van der Waals surface area contributed by atoms with Crippen molar-refractivity contribution in [3.63, 3.8) is 0 Å². The van der Waals surface area contributed by atoms with Crippen molar-refractivity contribution in [3.05, 3.63) is 35.9 Å². The summed E-state index contributed by atoms with van der Waals surface area (Å²) < 4.78 is 10.5. The minimum atomic E-state index is -0.956. The van der Waals surface area contributed by atoms with E-state index in [4.69, 9.17) is 20.9 Å². The fourth-order valence-electron chi connectivity index (χ4n) is 4.05. The zero-order valence-corrected chi connectivity index (χ0v) is 23.5. The predicted molar refractivity (Wildman–Crippen MR) is 150 cm³/mol. The Balaban J connectivity index is 0.0000130. The van der Waals surface area contributed by atoms with Crippen LogP contribution >= 0.6 is 12.4 Å². The maximum atomic E-state index is 12.3. The topological polar surface area (TPSA) is 122 Å². The van der Waals surface area contributed by atoms with Gasteiger partial charge in [-0.2, -0.15) is 0 Å². The molecular formula is C29H49ClN2O5. The summed E-state index contributed by atoms with van der Waals surface area (Å²) in [5.41, 5.74) is 12.2. The second kappa shape index (κ2) is 23.0. The Morgan fingerprint density at radius 3 is 1.86 bits per heavy atom. The van der Waals surface area contributed by atoms with Gasteiger partial charge in [-0.05, 0) is 31.2 Å². The van der Waals surface area contributed by atoms with E-state index in [-0.39, 0.29) is 37.8 Å². The lowest BCUT2D eigenvalue weighted by Crippen LogP contribution is -2.40. The van der Waals surface area contributed by atoms with Crippen molar-refractivity contribution >= 4 is 30.3 Å². The number of nitrogens with two attached hydrogens (primary N) is 2. The number of benzene rings is 1. The summed E-state index contributed by atoms with van der Waals surface area (Å²) in [6.45, 7) is 2.45. The first-order valence-electron chi connectivity index (χ1n) is 13.9. The lowest BCUT2D eigenvalue weighted by atomic mass is 10.0. The van der Waals surface area contributed by atoms with Crippen molar-refractivity contribution in [1.29, 1.82) is 0 Å². The van der Waals surface area contributed by atoms with Gasteiger partial charge in [-0.25, -0.2) is 0 Å². The fraction of sp³-hybridized carbons (Fsp3) is 0.690. The van der Waals surface area contributed by atoms with Crippen LogP contribution in [0.4, 0.5) is 0 Å². The van der Waals surface area contributed by atoms with Gasteiger partial charge in [0.15, 0.2) is 6.10 Å². The molecule has 0 spiro atoms. The predicted octanol–water partition coefficient (Wildman–Crippen LogP) is 6.14. The highest BCUT2D eigenvalue weighted by molar-refractivity contribution is 5.85. The SMILES string of the molecule is CCCCCCCCCCCCCCC(OC(=O)[C@H](N)CCCC(=O)OCc1ccccc1)C(N)=O.Cl. The molecule has 0 saturated heterocycles. The van der Waals surface area contributed by atoms with Crippen LogP contribution in [0.25, 0.3) is 0 Å². The van der Waals surface area contributed by atoms with Crippen molar-refractivity contribution < 1.29 is 23.9 Å². The van der Waals surface area contributed by atoms with E-state index in [0.717, 1.165) is 24.8 Å². The summed E-state index contributed by atoms with van der Waals surface area (Å²) in [4.78, 5) is 35.9. The average Bonchev–Trinajstić information content (AvgIpc) is 2.87. The molecule has 0 saturated carbocycles. The van der Waals surface area contributed by atoms with Crippen LogP contribution in [0, 0.1) is 0 Å². The first-order valence-corrected chi connectivity index (χ1v) is 13.9. The Kier molecular flexibility index (Phi) is 21.7. The fourth-order valence-corrected chi connectivity index (χ4v) is 4.05. The maximum absolute atomic E-state index is 12.3. The number of carbonyl (C=O) groups is 3. The molecule has 0 radical (unpaired) electrons. The van der Waals surface area contributed by atoms with E-state index < -0.39 is 24.0 Å². The summed E-state index contributed by atoms with van der Waals surface area (Å²) in [5.74, 6) is -1.65. The van der Waals surface area contributed by atoms with Crippen molar-refractivity contribution in [3.8, 4) is 0 Å². The van der Waals surface area contributed by atoms with Crippen LogP contribution in [0.2, 0.25) is 0 Å². The number of unbranched alkanes of at least 4 members (excludes halogenated alkanes) is 11. The minimum Gasteiger partial charge on any atom is -0.461 e. The van der Waals surface area contributed by atoms with Gasteiger partial charge in [-0.15, -0.1) is 12.4 Å². The Bertz CT molecular complexity index is 732. The monoisotopic (exact) mass is 540 g/mol. The molecule has 7 nitrogen and oxygen atoms in total. The van der Waals surface area contributed by atoms with E-state index in [9.17, 15) is 14.4 Å². The molecule has 1 aromatic carbocycles. The number of hydrogen-bond acceptors (Lipinski definition) is 6. The molecule has 1 aromatic rings. The number of carbonyl (C=O) groups excluding carboxylic acids is 3. The number of halogens is 1. The van der Waals surface area contributed by atoms with Gasteiger partial charge in [0.1, 0.15) is 12.6 Å². The first kappa shape index (κ1) is 34.9. The molecule has 1 unspecified atom stereocenters. The van der Waals surface area contributed by atoms with Gasteiger partial charge < -0.3 is 20.9 Å². The molecule has 0 fully saturated rings. The van der Waals surface area contributed by atoms with Gasteiger partial charge in [-0.1, -0.05) is 108 Å². The molecule has 212 valence electrons. The molecule has 0 aliphatic heterocycles. The summed E-state index contributed by atoms with van der Waals surface area (Å²) >= 11 is 0. The zero-order chi connectivity index (χ0) is 26.4. The van der Waals surface area contributed by atoms with Crippen LogP contribution in [0.5, 0.6) is 0 Å². The third kappa shape index (κ3) is 18.7. The highest BCUT2D eigenvalue weighted by Gasteiger charge is 2.24. The van der Waals surface area contributed by atoms with Gasteiger partial charge in [0.2, 0.25) is 0 Å². The maximum Gasteiger partial charge on any atom is 0.323 e. The molecule has 1 amide bonds. The van der Waals surface area contributed by atoms with Gasteiger partial charge in [0, 0.05) is 6.42 Å². The Labute approximate surface area is 229 Å². The van der Waals surface area contributed by atoms with Crippen LogP contribution in [0.1, 0.15) is 115 Å². The van der Waals surface area contributed by atoms with Crippen LogP contribution in [0.3, 0.4) is 0 Å². The van der Waals surface area contributed by atoms with E-state index in [2.05, 4.69) is 6.92 Å². The van der Waals surface area contributed by atoms with Crippen LogP contribution in [0.15, 0.2) is 30.3 Å². The van der Waals surface area contributed by atoms with Crippen molar-refractivity contribution in [2.45, 2.75) is 128 Å². The molecule has 2 atom stereocenters. The second-order valence-electron chi connectivity index (χ2n) is 9.65. The van der Waals surface area contributed by atoms with Crippen LogP contribution < -0.4 is 11.5 Å². The molecule has 1 rings (SSSR count). The molecule has 0 heterocycles. The third-order valence-electron chi connectivity index (χ3n) is 6.34. The summed E-state index contributed by atoms with van der Waals surface area (Å²) in [5, 5.41) is 0. The number of rotatable bonds is 22. The average molecular weight is 541 g/mol. The van der Waals surface area contributed by atoms with Gasteiger partial charge in [0.05, 0.1) is 0 Å². The van der Waals surface area contributed by atoms with Gasteiger partial charge in [0.25, 0.3) is 5.91 Å². The summed E-state index contributed by atoms with van der Waals surface area (Å²) in [7, 11) is 0. The Hall–Kier alpha value is -2.12. The Morgan fingerprint density at radius 2 is 1.32 bits per heavy atom. The summed E-state index contributed by atoms with van der Waals surface area (Å²) in [6, 6.07) is 8.51. The lowest BCUT2D eigenvalue weighted by molar-refractivity contribution is -0.157. The lowest BCUT2D eigenvalue weighted by Gasteiger charge is -2.17. The van der Waals surface area contributed by atoms with E-state index in [1.54, 1.807) is 0 Å². The van der Waals surface area contributed by atoms with Gasteiger partial charge >= 0.3 is 11.9 Å². The van der Waals surface area contributed by atoms with E-state index in [1.165, 1.54) is 57.8 Å². The van der Waals surface area contributed by atoms with Gasteiger partial charge in [-0.3, -0.25) is 14.4 Å². The van der Waals surface area contributed by atoms with Crippen molar-refractivity contribution in [2.24, 2.45) is 11.5 Å². The normalized spacial score (nSPS) is 12.3. The highest BCUT2D eigenvalue weighted by atomic mass is 35.5. The van der Waals surface area contributed by atoms with Crippen molar-refractivity contribution in [2.75, 3.05) is 0 Å². The number of primary amides is 1. The first-order chi connectivity index (χ1) is 17.4. The third-order valence-corrected chi connectivity index (χ3v) is 6.34. The molecule has 0 aliphatic carbocycles. The van der Waals surface area contributed by atoms with E-state index in [0.29, 0.717) is 12.8 Å². The molecule has 0 bridgehead atoms. The minimum absolute atomic E-state index is 0. The number of amides is 1. The number of esters is 2. The molecule has 37 heavy (non-hydrogen) atoms. The Morgan fingerprint density at radius 1 is 0.784 bits per heavy atom. The second-order valence-corrected chi connectivity index (χ2v) is 9.65. The zero-order valence-electron chi connectivity index (χ0n) is 22.7. The number of ether oxygens (including phenoxy) is 2.